The summed E-state index contributed by atoms with van der Waals surface area (Å²) >= 11 is 0. The highest BCUT2D eigenvalue weighted by molar-refractivity contribution is 5.84. The van der Waals surface area contributed by atoms with Gasteiger partial charge in [0, 0.05) is 16.7 Å². The molecule has 5 heteroatoms. The van der Waals surface area contributed by atoms with E-state index in [4.69, 9.17) is 5.73 Å². The summed E-state index contributed by atoms with van der Waals surface area (Å²) in [5.41, 5.74) is 8.84. The van der Waals surface area contributed by atoms with E-state index in [0.717, 1.165) is 5.56 Å². The van der Waals surface area contributed by atoms with E-state index in [2.05, 4.69) is 22.4 Å². The maximum absolute atomic E-state index is 13.3. The smallest absolute Gasteiger partial charge is 0.332 e. The number of hydrogen-bond acceptors (Lipinski definition) is 2. The van der Waals surface area contributed by atoms with Gasteiger partial charge in [-0.25, -0.2) is 14.6 Å². The number of hydrazone groups is 1. The third-order valence-electron chi connectivity index (χ3n) is 2.51. The fourth-order valence-electron chi connectivity index (χ4n) is 1.58. The van der Waals surface area contributed by atoms with Crippen molar-refractivity contribution in [3.05, 3.63) is 71.0 Å². The summed E-state index contributed by atoms with van der Waals surface area (Å²) < 4.78 is 13.3. The van der Waals surface area contributed by atoms with Gasteiger partial charge in [0.1, 0.15) is 5.82 Å². The van der Waals surface area contributed by atoms with Crippen molar-refractivity contribution in [3.8, 4) is 11.8 Å². The molecule has 2 aromatic rings. The van der Waals surface area contributed by atoms with Gasteiger partial charge in [-0.15, -0.1) is 0 Å². The zero-order valence-corrected chi connectivity index (χ0v) is 11.0. The molecule has 0 aliphatic carbocycles. The zero-order valence-electron chi connectivity index (χ0n) is 11.0. The van der Waals surface area contributed by atoms with Crippen LogP contribution in [0.4, 0.5) is 9.18 Å². The summed E-state index contributed by atoms with van der Waals surface area (Å²) in [5.74, 6) is 5.42. The molecule has 2 rings (SSSR count). The highest BCUT2D eigenvalue weighted by atomic mass is 19.1. The normalized spacial score (nSPS) is 9.95. The van der Waals surface area contributed by atoms with Crippen molar-refractivity contribution in [3.63, 3.8) is 0 Å². The zero-order chi connectivity index (χ0) is 15.1. The van der Waals surface area contributed by atoms with E-state index in [-0.39, 0.29) is 0 Å². The molecule has 21 heavy (non-hydrogen) atoms. The van der Waals surface area contributed by atoms with Gasteiger partial charge in [-0.05, 0) is 30.3 Å². The van der Waals surface area contributed by atoms with Gasteiger partial charge in [0.2, 0.25) is 0 Å². The molecular weight excluding hydrogens is 269 g/mol. The van der Waals surface area contributed by atoms with Crippen LogP contribution >= 0.6 is 0 Å². The Bertz CT molecular complexity index is 730. The minimum atomic E-state index is -0.773. The average molecular weight is 281 g/mol. The van der Waals surface area contributed by atoms with Crippen LogP contribution in [-0.4, -0.2) is 12.2 Å². The summed E-state index contributed by atoms with van der Waals surface area (Å²) in [6, 6.07) is 12.7. The predicted molar refractivity (Wildman–Crippen MR) is 79.1 cm³/mol. The first-order valence-electron chi connectivity index (χ1n) is 6.10. The van der Waals surface area contributed by atoms with Crippen molar-refractivity contribution < 1.29 is 9.18 Å². The van der Waals surface area contributed by atoms with Gasteiger partial charge in [-0.3, -0.25) is 0 Å². The number of carbonyl (C=O) groups excluding carboxylic acids is 1. The molecule has 0 radical (unpaired) electrons. The monoisotopic (exact) mass is 281 g/mol. The van der Waals surface area contributed by atoms with E-state index >= 15 is 0 Å². The van der Waals surface area contributed by atoms with Crippen molar-refractivity contribution in [2.75, 3.05) is 0 Å². The Kier molecular flexibility index (Phi) is 4.67. The van der Waals surface area contributed by atoms with E-state index in [0.29, 0.717) is 11.1 Å². The molecule has 0 bridgehead atoms. The average Bonchev–Trinajstić information content (AvgIpc) is 2.48. The standard InChI is InChI=1S/C16H12FN3O/c17-15-9-8-14(11-19-20-16(18)21)13(10-15)7-6-12-4-2-1-3-5-12/h1-5,8-11H,(H3,18,20,21). The molecule has 0 atom stereocenters. The molecule has 0 fully saturated rings. The first kappa shape index (κ1) is 14.3. The first-order chi connectivity index (χ1) is 10.1. The second-order valence-electron chi connectivity index (χ2n) is 4.08. The number of urea groups is 1. The molecule has 0 aliphatic heterocycles. The van der Waals surface area contributed by atoms with Crippen molar-refractivity contribution in [1.29, 1.82) is 0 Å². The van der Waals surface area contributed by atoms with E-state index in [1.54, 1.807) is 0 Å². The van der Waals surface area contributed by atoms with Crippen LogP contribution in [0.3, 0.4) is 0 Å². The minimum Gasteiger partial charge on any atom is -0.350 e. The number of benzene rings is 2. The molecule has 4 nitrogen and oxygen atoms in total. The second kappa shape index (κ2) is 6.87. The Hall–Kier alpha value is -3.13. The third-order valence-corrected chi connectivity index (χ3v) is 2.51. The molecule has 0 heterocycles. The van der Waals surface area contributed by atoms with E-state index < -0.39 is 11.8 Å². The Labute approximate surface area is 121 Å². The van der Waals surface area contributed by atoms with Crippen molar-refractivity contribution in [2.24, 2.45) is 10.8 Å². The van der Waals surface area contributed by atoms with Crippen molar-refractivity contribution >= 4 is 12.2 Å². The number of rotatable bonds is 2. The highest BCUT2D eigenvalue weighted by Gasteiger charge is 2.00. The van der Waals surface area contributed by atoms with Crippen LogP contribution in [0.1, 0.15) is 16.7 Å². The number of amides is 2. The van der Waals surface area contributed by atoms with E-state index in [9.17, 15) is 9.18 Å². The van der Waals surface area contributed by atoms with Crippen LogP contribution in [0.5, 0.6) is 0 Å². The molecule has 0 saturated heterocycles. The van der Waals surface area contributed by atoms with Crippen LogP contribution < -0.4 is 11.2 Å². The molecule has 2 amide bonds. The lowest BCUT2D eigenvalue weighted by Crippen LogP contribution is -2.24. The Morgan fingerprint density at radius 2 is 1.95 bits per heavy atom. The summed E-state index contributed by atoms with van der Waals surface area (Å²) in [6.07, 6.45) is 1.36. The lowest BCUT2D eigenvalue weighted by Gasteiger charge is -1.99. The van der Waals surface area contributed by atoms with Gasteiger partial charge in [-0.2, -0.15) is 5.10 Å². The Morgan fingerprint density at radius 1 is 1.19 bits per heavy atom. The van der Waals surface area contributed by atoms with Gasteiger partial charge in [0.05, 0.1) is 6.21 Å². The number of carbonyl (C=O) groups is 1. The third kappa shape index (κ3) is 4.48. The highest BCUT2D eigenvalue weighted by Crippen LogP contribution is 2.09. The van der Waals surface area contributed by atoms with Gasteiger partial charge >= 0.3 is 6.03 Å². The molecule has 0 aliphatic rings. The number of nitrogens with zero attached hydrogens (tertiary/aromatic N) is 1. The summed E-state index contributed by atoms with van der Waals surface area (Å²) in [4.78, 5) is 10.5. The van der Waals surface area contributed by atoms with Crippen LogP contribution in [0, 0.1) is 17.7 Å². The van der Waals surface area contributed by atoms with Gasteiger partial charge in [0.15, 0.2) is 0 Å². The second-order valence-corrected chi connectivity index (χ2v) is 4.08. The first-order valence-corrected chi connectivity index (χ1v) is 6.10. The van der Waals surface area contributed by atoms with E-state index in [1.807, 2.05) is 30.3 Å². The molecule has 0 unspecified atom stereocenters. The molecule has 2 aromatic carbocycles. The lowest BCUT2D eigenvalue weighted by atomic mass is 10.1. The molecule has 104 valence electrons. The fourth-order valence-corrected chi connectivity index (χ4v) is 1.58. The Morgan fingerprint density at radius 3 is 2.67 bits per heavy atom. The van der Waals surface area contributed by atoms with Crippen molar-refractivity contribution in [2.45, 2.75) is 0 Å². The molecular formula is C16H12FN3O. The minimum absolute atomic E-state index is 0.396. The largest absolute Gasteiger partial charge is 0.350 e. The summed E-state index contributed by atoms with van der Waals surface area (Å²) in [5, 5.41) is 3.65. The summed E-state index contributed by atoms with van der Waals surface area (Å²) in [6.45, 7) is 0. The maximum atomic E-state index is 13.3. The van der Waals surface area contributed by atoms with Crippen LogP contribution in [-0.2, 0) is 0 Å². The predicted octanol–water partition coefficient (Wildman–Crippen LogP) is 2.23. The number of nitrogens with one attached hydrogen (secondary N) is 1. The van der Waals surface area contributed by atoms with E-state index in [1.165, 1.54) is 24.4 Å². The van der Waals surface area contributed by atoms with Gasteiger partial charge < -0.3 is 5.73 Å². The SMILES string of the molecule is NC(=O)NN=Cc1ccc(F)cc1C#Cc1ccccc1. The molecule has 0 aromatic heterocycles. The van der Waals surface area contributed by atoms with Crippen LogP contribution in [0.15, 0.2) is 53.6 Å². The van der Waals surface area contributed by atoms with Gasteiger partial charge in [-0.1, -0.05) is 30.0 Å². The topological polar surface area (TPSA) is 67.5 Å². The van der Waals surface area contributed by atoms with Gasteiger partial charge in [0.25, 0.3) is 0 Å². The molecule has 0 saturated carbocycles. The quantitative estimate of drug-likeness (QED) is 0.495. The lowest BCUT2D eigenvalue weighted by molar-refractivity contribution is 0.249. The summed E-state index contributed by atoms with van der Waals surface area (Å²) in [7, 11) is 0. The Balaban J connectivity index is 2.30. The fraction of sp³-hybridized carbons (Fsp3) is 0. The number of nitrogens with two attached hydrogens (primary N) is 1. The molecule has 0 spiro atoms. The molecule has 3 N–H and O–H groups in total. The maximum Gasteiger partial charge on any atom is 0.332 e. The van der Waals surface area contributed by atoms with Crippen molar-refractivity contribution in [1.82, 2.24) is 5.43 Å². The van der Waals surface area contributed by atoms with Crippen LogP contribution in [0.2, 0.25) is 0 Å². The number of hydrogen-bond donors (Lipinski definition) is 2. The number of halogens is 1. The number of primary amides is 1. The van der Waals surface area contributed by atoms with Crippen LogP contribution in [0.25, 0.3) is 0 Å².